The first kappa shape index (κ1) is 16.0. The molecule has 1 aromatic rings. The number of aromatic nitrogens is 2. The lowest BCUT2D eigenvalue weighted by atomic mass is 10.3. The van der Waals surface area contributed by atoms with Crippen molar-refractivity contribution < 1.29 is 26.6 Å². The minimum absolute atomic E-state index is 0.140. The summed E-state index contributed by atoms with van der Waals surface area (Å²) in [4.78, 5) is 11.5. The van der Waals surface area contributed by atoms with Crippen molar-refractivity contribution in [1.29, 1.82) is 0 Å². The van der Waals surface area contributed by atoms with Gasteiger partial charge >= 0.3 is 10.4 Å². The summed E-state index contributed by atoms with van der Waals surface area (Å²) in [6, 6.07) is 1.56. The molecule has 0 unspecified atom stereocenters. The standard InChI is InChI=1S/C11H13N3O5S/c1-2-5-12-11(15)10-4-7-14(13-9-10)6-3-8-19-20(16,17)18/h1,4,7,9H,3,5-6,8H2,(H-,12,15,16,17,18)/p+1. The average Bonchev–Trinajstić information content (AvgIpc) is 2.40. The van der Waals surface area contributed by atoms with E-state index < -0.39 is 10.4 Å². The number of carbonyl (C=O) groups is 1. The fraction of sp³-hybridized carbons (Fsp3) is 0.364. The number of nitrogens with one attached hydrogen (secondary N) is 1. The van der Waals surface area contributed by atoms with E-state index in [-0.39, 0.29) is 19.1 Å². The Morgan fingerprint density at radius 1 is 1.60 bits per heavy atom. The Morgan fingerprint density at radius 3 is 2.90 bits per heavy atom. The van der Waals surface area contributed by atoms with Crippen molar-refractivity contribution >= 4 is 16.3 Å². The van der Waals surface area contributed by atoms with Crippen molar-refractivity contribution in [3.8, 4) is 12.3 Å². The van der Waals surface area contributed by atoms with Crippen molar-refractivity contribution in [3.05, 3.63) is 24.0 Å². The molecule has 1 aromatic heterocycles. The summed E-state index contributed by atoms with van der Waals surface area (Å²) in [6.07, 6.45) is 8.29. The molecule has 2 N–H and O–H groups in total. The van der Waals surface area contributed by atoms with Gasteiger partial charge in [-0.3, -0.25) is 9.35 Å². The zero-order valence-corrected chi connectivity index (χ0v) is 11.3. The lowest BCUT2D eigenvalue weighted by Crippen LogP contribution is -2.38. The van der Waals surface area contributed by atoms with Crippen LogP contribution in [0, 0.1) is 12.3 Å². The van der Waals surface area contributed by atoms with Crippen molar-refractivity contribution in [1.82, 2.24) is 10.4 Å². The Balaban J connectivity index is 2.43. The number of amides is 1. The van der Waals surface area contributed by atoms with Crippen LogP contribution in [0.5, 0.6) is 0 Å². The smallest absolute Gasteiger partial charge is 0.341 e. The van der Waals surface area contributed by atoms with Crippen LogP contribution in [0.3, 0.4) is 0 Å². The highest BCUT2D eigenvalue weighted by molar-refractivity contribution is 7.80. The maximum Gasteiger partial charge on any atom is 0.397 e. The molecule has 8 nitrogen and oxygen atoms in total. The lowest BCUT2D eigenvalue weighted by molar-refractivity contribution is -0.754. The maximum atomic E-state index is 11.5. The van der Waals surface area contributed by atoms with Crippen LogP contribution in [0.1, 0.15) is 16.8 Å². The summed E-state index contributed by atoms with van der Waals surface area (Å²) < 4.78 is 34.6. The number of carbonyl (C=O) groups excluding carboxylic acids is 1. The predicted molar refractivity (Wildman–Crippen MR) is 67.7 cm³/mol. The van der Waals surface area contributed by atoms with Gasteiger partial charge in [0.1, 0.15) is 6.20 Å². The van der Waals surface area contributed by atoms with E-state index >= 15 is 0 Å². The Kier molecular flexibility index (Phi) is 6.05. The van der Waals surface area contributed by atoms with E-state index in [0.29, 0.717) is 18.5 Å². The fourth-order valence-electron chi connectivity index (χ4n) is 1.27. The maximum absolute atomic E-state index is 11.5. The van der Waals surface area contributed by atoms with Gasteiger partial charge in [-0.05, 0) is 5.10 Å². The Hall–Kier alpha value is -2.02. The van der Waals surface area contributed by atoms with Gasteiger partial charge in [-0.25, -0.2) is 4.18 Å². The van der Waals surface area contributed by atoms with Crippen molar-refractivity contribution in [2.45, 2.75) is 13.0 Å². The minimum Gasteiger partial charge on any atom is -0.341 e. The zero-order valence-electron chi connectivity index (χ0n) is 10.5. The molecule has 0 saturated heterocycles. The molecule has 1 heterocycles. The third kappa shape index (κ3) is 6.24. The van der Waals surface area contributed by atoms with Gasteiger partial charge < -0.3 is 5.32 Å². The first-order chi connectivity index (χ1) is 9.42. The third-order valence-corrected chi connectivity index (χ3v) is 2.61. The number of terminal acetylenes is 1. The molecule has 0 bridgehead atoms. The van der Waals surface area contributed by atoms with Crippen molar-refractivity contribution in [2.24, 2.45) is 0 Å². The van der Waals surface area contributed by atoms with Gasteiger partial charge in [0.15, 0.2) is 12.7 Å². The molecule has 1 amide bonds. The van der Waals surface area contributed by atoms with Crippen LogP contribution >= 0.6 is 0 Å². The van der Waals surface area contributed by atoms with Crippen LogP contribution in [0.25, 0.3) is 0 Å². The summed E-state index contributed by atoms with van der Waals surface area (Å²) in [5.74, 6) is 1.96. The van der Waals surface area contributed by atoms with Gasteiger partial charge in [0.2, 0.25) is 0 Å². The van der Waals surface area contributed by atoms with E-state index in [1.807, 2.05) is 0 Å². The molecule has 0 aromatic carbocycles. The van der Waals surface area contributed by atoms with E-state index in [2.05, 4.69) is 20.5 Å². The van der Waals surface area contributed by atoms with E-state index in [0.717, 1.165) is 0 Å². The molecule has 9 heteroatoms. The monoisotopic (exact) mass is 300 g/mol. The average molecular weight is 300 g/mol. The fourth-order valence-corrected chi connectivity index (χ4v) is 1.60. The van der Waals surface area contributed by atoms with Crippen LogP contribution < -0.4 is 10.00 Å². The number of aryl methyl sites for hydroxylation is 1. The molecule has 0 spiro atoms. The SMILES string of the molecule is C#CCNC(=O)c1cc[n+](CCCOS(=O)(=O)O)nc1. The second-order valence-electron chi connectivity index (χ2n) is 3.67. The molecule has 0 aliphatic heterocycles. The molecule has 108 valence electrons. The van der Waals surface area contributed by atoms with Gasteiger partial charge in [-0.1, -0.05) is 10.6 Å². The van der Waals surface area contributed by atoms with Gasteiger partial charge in [-0.2, -0.15) is 8.42 Å². The van der Waals surface area contributed by atoms with E-state index in [1.54, 1.807) is 12.3 Å². The number of hydrogen-bond donors (Lipinski definition) is 2. The van der Waals surface area contributed by atoms with E-state index in [9.17, 15) is 13.2 Å². The van der Waals surface area contributed by atoms with Gasteiger partial charge in [-0.15, -0.1) is 6.42 Å². The number of hydrogen-bond acceptors (Lipinski definition) is 5. The van der Waals surface area contributed by atoms with Gasteiger partial charge in [0.25, 0.3) is 5.91 Å². The largest absolute Gasteiger partial charge is 0.397 e. The van der Waals surface area contributed by atoms with Gasteiger partial charge in [0.05, 0.1) is 18.7 Å². The summed E-state index contributed by atoms with van der Waals surface area (Å²) in [7, 11) is -4.40. The third-order valence-electron chi connectivity index (χ3n) is 2.15. The highest BCUT2D eigenvalue weighted by atomic mass is 32.3. The molecule has 0 aliphatic rings. The molecule has 0 radical (unpaired) electrons. The molecule has 0 aliphatic carbocycles. The van der Waals surface area contributed by atoms with Crippen LogP contribution in [-0.4, -0.2) is 37.1 Å². The van der Waals surface area contributed by atoms with Crippen LogP contribution in [0.15, 0.2) is 18.5 Å². The summed E-state index contributed by atoms with van der Waals surface area (Å²) >= 11 is 0. The highest BCUT2D eigenvalue weighted by Crippen LogP contribution is 1.93. The van der Waals surface area contributed by atoms with Gasteiger partial charge in [0, 0.05) is 12.5 Å². The topological polar surface area (TPSA) is 109 Å². The molecule has 1 rings (SSSR count). The molecule has 0 saturated carbocycles. The minimum atomic E-state index is -4.40. The number of nitrogens with zero attached hydrogens (tertiary/aromatic N) is 2. The second kappa shape index (κ2) is 7.54. The van der Waals surface area contributed by atoms with E-state index in [4.69, 9.17) is 11.0 Å². The predicted octanol–water partition coefficient (Wildman–Crippen LogP) is -1.06. The van der Waals surface area contributed by atoms with Crippen molar-refractivity contribution in [3.63, 3.8) is 0 Å². The lowest BCUT2D eigenvalue weighted by Gasteiger charge is -2.00. The van der Waals surface area contributed by atoms with Crippen LogP contribution in [0.4, 0.5) is 0 Å². The quantitative estimate of drug-likeness (QED) is 0.287. The summed E-state index contributed by atoms with van der Waals surface area (Å²) in [5, 5.41) is 6.48. The van der Waals surface area contributed by atoms with Crippen molar-refractivity contribution in [2.75, 3.05) is 13.2 Å². The summed E-state index contributed by atoms with van der Waals surface area (Å²) in [5.41, 5.74) is 0.366. The molecule has 0 atom stereocenters. The zero-order chi connectivity index (χ0) is 15.0. The first-order valence-electron chi connectivity index (χ1n) is 5.61. The Morgan fingerprint density at radius 2 is 2.35 bits per heavy atom. The Labute approximate surface area is 116 Å². The first-order valence-corrected chi connectivity index (χ1v) is 6.98. The van der Waals surface area contributed by atoms with Crippen LogP contribution in [-0.2, 0) is 21.1 Å². The van der Waals surface area contributed by atoms with E-state index in [1.165, 1.54) is 10.9 Å². The highest BCUT2D eigenvalue weighted by Gasteiger charge is 2.10. The number of rotatable bonds is 7. The second-order valence-corrected chi connectivity index (χ2v) is 4.76. The van der Waals surface area contributed by atoms with Crippen LogP contribution in [0.2, 0.25) is 0 Å². The molecular weight excluding hydrogens is 286 g/mol. The molecular formula is C11H14N3O5S+. The molecule has 20 heavy (non-hydrogen) atoms. The normalized spacial score (nSPS) is 10.8. The molecule has 0 fully saturated rings. The Bertz CT molecular complexity index is 591. The summed E-state index contributed by atoms with van der Waals surface area (Å²) in [6.45, 7) is 0.362.